The maximum absolute atomic E-state index is 12.8. The highest BCUT2D eigenvalue weighted by Crippen LogP contribution is 2.45. The van der Waals surface area contributed by atoms with E-state index in [9.17, 15) is 9.59 Å². The number of ketones is 2. The third kappa shape index (κ3) is 1.75. The number of fused-ring (bicyclic) bond motifs is 5. The lowest BCUT2D eigenvalue weighted by Gasteiger charge is -2.36. The fraction of sp³-hybridized carbons (Fsp3) is 0.368. The normalized spacial score (nSPS) is 22.6. The van der Waals surface area contributed by atoms with E-state index in [2.05, 4.69) is 0 Å². The minimum absolute atomic E-state index is 0.410. The number of aryl methyl sites for hydroxylation is 1. The molecule has 0 saturated carbocycles. The van der Waals surface area contributed by atoms with Crippen molar-refractivity contribution >= 4 is 11.6 Å². The van der Waals surface area contributed by atoms with Crippen molar-refractivity contribution in [3.63, 3.8) is 0 Å². The van der Waals surface area contributed by atoms with Gasteiger partial charge in [0.2, 0.25) is 11.6 Å². The molecule has 0 amide bonds. The Labute approximate surface area is 134 Å². The van der Waals surface area contributed by atoms with E-state index in [0.29, 0.717) is 22.5 Å². The summed E-state index contributed by atoms with van der Waals surface area (Å²) in [6.07, 6.45) is 4.16. The summed E-state index contributed by atoms with van der Waals surface area (Å²) in [5, 5.41) is 0. The van der Waals surface area contributed by atoms with Crippen LogP contribution in [0.3, 0.4) is 0 Å². The minimum atomic E-state index is -0.461. The lowest BCUT2D eigenvalue weighted by atomic mass is 9.74. The van der Waals surface area contributed by atoms with Crippen LogP contribution in [-0.4, -0.2) is 18.7 Å². The zero-order chi connectivity index (χ0) is 16.4. The van der Waals surface area contributed by atoms with Gasteiger partial charge in [0.25, 0.3) is 0 Å². The Balaban J connectivity index is 2.05. The van der Waals surface area contributed by atoms with E-state index in [1.165, 1.54) is 0 Å². The zero-order valence-corrected chi connectivity index (χ0v) is 13.5. The number of benzene rings is 1. The number of hydrogen-bond acceptors (Lipinski definition) is 4. The van der Waals surface area contributed by atoms with Crippen molar-refractivity contribution in [2.45, 2.75) is 38.7 Å². The highest BCUT2D eigenvalue weighted by atomic mass is 16.5. The van der Waals surface area contributed by atoms with Crippen LogP contribution in [0, 0.1) is 6.92 Å². The van der Waals surface area contributed by atoms with Gasteiger partial charge in [-0.1, -0.05) is 12.1 Å². The second-order valence-electron chi connectivity index (χ2n) is 6.58. The standard InChI is InChI=1S/C19H18O4/c1-10-9-23-18-12-6-7-13-11(5-4-8-19(13,2)22-3)15(12)17(21)16(20)14(10)18/h6-7,9H,4-5,8H2,1-3H3. The predicted molar refractivity (Wildman–Crippen MR) is 84.8 cm³/mol. The summed E-state index contributed by atoms with van der Waals surface area (Å²) in [6.45, 7) is 3.83. The van der Waals surface area contributed by atoms with Gasteiger partial charge < -0.3 is 9.15 Å². The first-order valence-electron chi connectivity index (χ1n) is 7.87. The first-order chi connectivity index (χ1) is 11.0. The number of furan rings is 1. The molecule has 0 aliphatic heterocycles. The van der Waals surface area contributed by atoms with Crippen molar-refractivity contribution in [2.75, 3.05) is 7.11 Å². The Morgan fingerprint density at radius 1 is 1.17 bits per heavy atom. The SMILES string of the molecule is COC1(C)CCCc2c1ccc1c2C(=O)C(=O)c2c(C)coc2-1. The number of Topliss-reactive ketones (excluding diaryl/α,β-unsaturated/α-hetero) is 2. The van der Waals surface area contributed by atoms with Crippen molar-refractivity contribution in [1.29, 1.82) is 0 Å². The fourth-order valence-corrected chi connectivity index (χ4v) is 3.95. The summed E-state index contributed by atoms with van der Waals surface area (Å²) in [5.41, 5.74) is 3.91. The van der Waals surface area contributed by atoms with Gasteiger partial charge in [0.15, 0.2) is 0 Å². The summed E-state index contributed by atoms with van der Waals surface area (Å²) >= 11 is 0. The van der Waals surface area contributed by atoms with Gasteiger partial charge >= 0.3 is 0 Å². The van der Waals surface area contributed by atoms with Crippen LogP contribution in [0.1, 0.15) is 57.2 Å². The molecule has 1 unspecified atom stereocenters. The Morgan fingerprint density at radius 2 is 1.91 bits per heavy atom. The molecule has 4 heteroatoms. The van der Waals surface area contributed by atoms with E-state index < -0.39 is 17.2 Å². The molecule has 4 rings (SSSR count). The van der Waals surface area contributed by atoms with Crippen LogP contribution in [-0.2, 0) is 16.8 Å². The van der Waals surface area contributed by atoms with E-state index in [4.69, 9.17) is 9.15 Å². The molecule has 2 aliphatic carbocycles. The third-order valence-electron chi connectivity index (χ3n) is 5.29. The molecule has 0 fully saturated rings. The molecule has 4 nitrogen and oxygen atoms in total. The Kier molecular flexibility index (Phi) is 2.91. The molecule has 2 aromatic rings. The fourth-order valence-electron chi connectivity index (χ4n) is 3.95. The van der Waals surface area contributed by atoms with Crippen LogP contribution >= 0.6 is 0 Å². The summed E-state index contributed by atoms with van der Waals surface area (Å²) in [7, 11) is 1.69. The van der Waals surface area contributed by atoms with Gasteiger partial charge in [0.05, 0.1) is 17.4 Å². The number of rotatable bonds is 1. The monoisotopic (exact) mass is 310 g/mol. The molecule has 0 spiro atoms. The van der Waals surface area contributed by atoms with Crippen LogP contribution in [0.15, 0.2) is 22.8 Å². The molecular weight excluding hydrogens is 292 g/mol. The quantitative estimate of drug-likeness (QED) is 0.751. The molecule has 1 heterocycles. The van der Waals surface area contributed by atoms with Crippen molar-refractivity contribution in [3.05, 3.63) is 46.2 Å². The molecule has 1 aromatic carbocycles. The first-order valence-corrected chi connectivity index (χ1v) is 7.87. The van der Waals surface area contributed by atoms with Gasteiger partial charge in [-0.2, -0.15) is 0 Å². The third-order valence-corrected chi connectivity index (χ3v) is 5.29. The molecule has 2 aliphatic rings. The smallest absolute Gasteiger partial charge is 0.237 e. The Morgan fingerprint density at radius 3 is 2.65 bits per heavy atom. The minimum Gasteiger partial charge on any atom is -0.463 e. The first kappa shape index (κ1) is 14.4. The van der Waals surface area contributed by atoms with Gasteiger partial charge in [-0.15, -0.1) is 0 Å². The predicted octanol–water partition coefficient (Wildman–Crippen LogP) is 3.83. The summed E-state index contributed by atoms with van der Waals surface area (Å²) < 4.78 is 11.3. The van der Waals surface area contributed by atoms with Crippen molar-refractivity contribution in [3.8, 4) is 11.3 Å². The number of carbonyl (C=O) groups is 2. The molecule has 1 aromatic heterocycles. The molecule has 0 radical (unpaired) electrons. The van der Waals surface area contributed by atoms with E-state index >= 15 is 0 Å². The molecule has 1 atom stereocenters. The van der Waals surface area contributed by atoms with Crippen molar-refractivity contribution in [2.24, 2.45) is 0 Å². The second kappa shape index (κ2) is 4.65. The number of ether oxygens (including phenoxy) is 1. The lowest BCUT2D eigenvalue weighted by Crippen LogP contribution is -2.32. The maximum atomic E-state index is 12.8. The molecule has 0 N–H and O–H groups in total. The van der Waals surface area contributed by atoms with Gasteiger partial charge in [-0.25, -0.2) is 0 Å². The summed E-state index contributed by atoms with van der Waals surface area (Å²) in [4.78, 5) is 25.3. The van der Waals surface area contributed by atoms with Gasteiger partial charge in [0.1, 0.15) is 5.76 Å². The van der Waals surface area contributed by atoms with Crippen molar-refractivity contribution in [1.82, 2.24) is 0 Å². The summed E-state index contributed by atoms with van der Waals surface area (Å²) in [6, 6.07) is 3.91. The molecule has 23 heavy (non-hydrogen) atoms. The van der Waals surface area contributed by atoms with Crippen LogP contribution in [0.5, 0.6) is 0 Å². The summed E-state index contributed by atoms with van der Waals surface area (Å²) in [5.74, 6) is -0.361. The van der Waals surface area contributed by atoms with Crippen molar-refractivity contribution < 1.29 is 18.7 Å². The second-order valence-corrected chi connectivity index (χ2v) is 6.58. The highest BCUT2D eigenvalue weighted by molar-refractivity contribution is 6.53. The number of hydrogen-bond donors (Lipinski definition) is 0. The van der Waals surface area contributed by atoms with Crippen LogP contribution < -0.4 is 0 Å². The molecule has 0 saturated heterocycles. The lowest BCUT2D eigenvalue weighted by molar-refractivity contribution is -0.0125. The van der Waals surface area contributed by atoms with E-state index in [1.807, 2.05) is 19.1 Å². The highest BCUT2D eigenvalue weighted by Gasteiger charge is 2.40. The maximum Gasteiger partial charge on any atom is 0.237 e. The van der Waals surface area contributed by atoms with E-state index in [0.717, 1.165) is 36.0 Å². The average Bonchev–Trinajstić information content (AvgIpc) is 2.94. The van der Waals surface area contributed by atoms with Crippen LogP contribution in [0.4, 0.5) is 0 Å². The van der Waals surface area contributed by atoms with Gasteiger partial charge in [-0.05, 0) is 49.8 Å². The van der Waals surface area contributed by atoms with E-state index in [1.54, 1.807) is 20.3 Å². The Bertz CT molecular complexity index is 858. The Hall–Kier alpha value is -2.20. The van der Waals surface area contributed by atoms with Gasteiger partial charge in [-0.3, -0.25) is 9.59 Å². The zero-order valence-electron chi connectivity index (χ0n) is 13.5. The molecular formula is C19H18O4. The topological polar surface area (TPSA) is 56.5 Å². The van der Waals surface area contributed by atoms with Gasteiger partial charge in [0, 0.05) is 18.2 Å². The molecule has 0 bridgehead atoms. The average molecular weight is 310 g/mol. The van der Waals surface area contributed by atoms with E-state index in [-0.39, 0.29) is 0 Å². The van der Waals surface area contributed by atoms with Crippen LogP contribution in [0.2, 0.25) is 0 Å². The largest absolute Gasteiger partial charge is 0.463 e. The molecule has 118 valence electrons. The number of carbonyl (C=O) groups excluding carboxylic acids is 2. The van der Waals surface area contributed by atoms with Crippen LogP contribution in [0.25, 0.3) is 11.3 Å². The number of methoxy groups -OCH3 is 1.